The minimum absolute atomic E-state index is 0.253. The van der Waals surface area contributed by atoms with E-state index < -0.39 is 31.3 Å². The topological polar surface area (TPSA) is 69.6 Å². The number of carbonyl (C=O) groups excluding carboxylic acids is 1. The standard InChI is InChI=1S/C13H21F3N2O3/c1-9-2-4-10(5-3-9)6-17-12(21)18(7-11(19)20)8-13(14,15)16/h9-10H,2-8H2,1H3,(H,17,21)(H,19,20). The Morgan fingerprint density at radius 3 is 2.29 bits per heavy atom. The van der Waals surface area contributed by atoms with Gasteiger partial charge in [0, 0.05) is 6.54 Å². The number of hydrogen-bond donors (Lipinski definition) is 2. The first-order valence-electron chi connectivity index (χ1n) is 6.98. The first-order chi connectivity index (χ1) is 9.67. The smallest absolute Gasteiger partial charge is 0.406 e. The molecule has 0 bridgehead atoms. The molecule has 2 N–H and O–H groups in total. The van der Waals surface area contributed by atoms with Gasteiger partial charge in [-0.25, -0.2) is 4.79 Å². The van der Waals surface area contributed by atoms with Gasteiger partial charge < -0.3 is 15.3 Å². The summed E-state index contributed by atoms with van der Waals surface area (Å²) in [4.78, 5) is 22.5. The van der Waals surface area contributed by atoms with E-state index in [4.69, 9.17) is 5.11 Å². The monoisotopic (exact) mass is 310 g/mol. The molecule has 0 aliphatic heterocycles. The second kappa shape index (κ2) is 7.51. The van der Waals surface area contributed by atoms with E-state index >= 15 is 0 Å². The van der Waals surface area contributed by atoms with Crippen molar-refractivity contribution in [3.05, 3.63) is 0 Å². The van der Waals surface area contributed by atoms with Gasteiger partial charge in [0.2, 0.25) is 0 Å². The minimum Gasteiger partial charge on any atom is -0.480 e. The zero-order valence-corrected chi connectivity index (χ0v) is 11.9. The summed E-state index contributed by atoms with van der Waals surface area (Å²) in [7, 11) is 0. The van der Waals surface area contributed by atoms with Crippen molar-refractivity contribution in [2.75, 3.05) is 19.6 Å². The Morgan fingerprint density at radius 1 is 1.24 bits per heavy atom. The van der Waals surface area contributed by atoms with Crippen LogP contribution in [0.4, 0.5) is 18.0 Å². The van der Waals surface area contributed by atoms with E-state index in [-0.39, 0.29) is 10.8 Å². The molecule has 8 heteroatoms. The Bertz CT molecular complexity index is 366. The van der Waals surface area contributed by atoms with Crippen molar-refractivity contribution in [1.82, 2.24) is 10.2 Å². The molecule has 1 saturated carbocycles. The second-order valence-electron chi connectivity index (χ2n) is 5.68. The summed E-state index contributed by atoms with van der Waals surface area (Å²) in [6.45, 7) is -0.0911. The van der Waals surface area contributed by atoms with E-state index in [9.17, 15) is 22.8 Å². The van der Waals surface area contributed by atoms with E-state index in [1.165, 1.54) is 0 Å². The van der Waals surface area contributed by atoms with Crippen molar-refractivity contribution >= 4 is 12.0 Å². The predicted octanol–water partition coefficient (Wildman–Crippen LogP) is 2.47. The number of hydrogen-bond acceptors (Lipinski definition) is 2. The highest BCUT2D eigenvalue weighted by atomic mass is 19.4. The fourth-order valence-electron chi connectivity index (χ4n) is 2.46. The lowest BCUT2D eigenvalue weighted by Gasteiger charge is -2.28. The molecule has 1 aliphatic rings. The van der Waals surface area contributed by atoms with Crippen LogP contribution in [0.2, 0.25) is 0 Å². The van der Waals surface area contributed by atoms with Gasteiger partial charge in [-0.3, -0.25) is 4.79 Å². The molecular weight excluding hydrogens is 289 g/mol. The average molecular weight is 310 g/mol. The molecule has 5 nitrogen and oxygen atoms in total. The minimum atomic E-state index is -4.62. The Hall–Kier alpha value is -1.47. The molecule has 0 unspecified atom stereocenters. The first-order valence-corrected chi connectivity index (χ1v) is 6.98. The number of carboxylic acid groups (broad SMARTS) is 1. The fraction of sp³-hybridized carbons (Fsp3) is 0.846. The number of urea groups is 1. The van der Waals surface area contributed by atoms with Crippen LogP contribution in [0.1, 0.15) is 32.6 Å². The van der Waals surface area contributed by atoms with Crippen LogP contribution in [0.5, 0.6) is 0 Å². The zero-order chi connectivity index (χ0) is 16.0. The first kappa shape index (κ1) is 17.6. The second-order valence-corrected chi connectivity index (χ2v) is 5.68. The van der Waals surface area contributed by atoms with Crippen LogP contribution in [0.25, 0.3) is 0 Å². The number of halogens is 3. The summed E-state index contributed by atoms with van der Waals surface area (Å²) >= 11 is 0. The molecule has 0 spiro atoms. The third-order valence-electron chi connectivity index (χ3n) is 3.66. The van der Waals surface area contributed by atoms with E-state index in [0.29, 0.717) is 12.5 Å². The Labute approximate surface area is 121 Å². The van der Waals surface area contributed by atoms with Crippen LogP contribution >= 0.6 is 0 Å². The molecule has 21 heavy (non-hydrogen) atoms. The predicted molar refractivity (Wildman–Crippen MR) is 69.8 cm³/mol. The third kappa shape index (κ3) is 7.19. The molecular formula is C13H21F3N2O3. The lowest BCUT2D eigenvalue weighted by Crippen LogP contribution is -2.48. The molecule has 0 radical (unpaired) electrons. The number of nitrogens with zero attached hydrogens (tertiary/aromatic N) is 1. The molecule has 1 rings (SSSR count). The number of rotatable bonds is 5. The molecule has 0 saturated heterocycles. The maximum atomic E-state index is 12.3. The average Bonchev–Trinajstić information content (AvgIpc) is 2.34. The molecule has 0 atom stereocenters. The van der Waals surface area contributed by atoms with E-state index in [2.05, 4.69) is 12.2 Å². The number of amides is 2. The molecule has 1 fully saturated rings. The molecule has 0 heterocycles. The highest BCUT2D eigenvalue weighted by Crippen LogP contribution is 2.27. The lowest BCUT2D eigenvalue weighted by atomic mass is 9.83. The summed E-state index contributed by atoms with van der Waals surface area (Å²) in [5, 5.41) is 11.0. The van der Waals surface area contributed by atoms with Gasteiger partial charge in [0.15, 0.2) is 0 Å². The van der Waals surface area contributed by atoms with Gasteiger partial charge in [0.25, 0.3) is 0 Å². The Morgan fingerprint density at radius 2 is 1.81 bits per heavy atom. The number of nitrogens with one attached hydrogen (secondary N) is 1. The van der Waals surface area contributed by atoms with Crippen molar-refractivity contribution < 1.29 is 27.9 Å². The van der Waals surface area contributed by atoms with E-state index in [1.54, 1.807) is 0 Å². The highest BCUT2D eigenvalue weighted by molar-refractivity contribution is 5.80. The number of carboxylic acids is 1. The molecule has 0 aromatic carbocycles. The van der Waals surface area contributed by atoms with Crippen molar-refractivity contribution in [2.24, 2.45) is 11.8 Å². The van der Waals surface area contributed by atoms with Crippen molar-refractivity contribution in [2.45, 2.75) is 38.8 Å². The quantitative estimate of drug-likeness (QED) is 0.819. The van der Waals surface area contributed by atoms with E-state index in [1.807, 2.05) is 0 Å². The fourth-order valence-corrected chi connectivity index (χ4v) is 2.46. The highest BCUT2D eigenvalue weighted by Gasteiger charge is 2.34. The molecule has 2 amide bonds. The number of alkyl halides is 3. The van der Waals surface area contributed by atoms with Gasteiger partial charge in [-0.1, -0.05) is 19.8 Å². The SMILES string of the molecule is CC1CCC(CNC(=O)N(CC(=O)O)CC(F)(F)F)CC1. The summed E-state index contributed by atoms with van der Waals surface area (Å²) in [5.41, 5.74) is 0. The third-order valence-corrected chi connectivity index (χ3v) is 3.66. The van der Waals surface area contributed by atoms with E-state index in [0.717, 1.165) is 25.7 Å². The van der Waals surface area contributed by atoms with Crippen LogP contribution < -0.4 is 5.32 Å². The van der Waals surface area contributed by atoms with Crippen LogP contribution in [-0.2, 0) is 4.79 Å². The Balaban J connectivity index is 2.46. The zero-order valence-electron chi connectivity index (χ0n) is 11.9. The van der Waals surface area contributed by atoms with Gasteiger partial charge in [-0.05, 0) is 24.7 Å². The van der Waals surface area contributed by atoms with Gasteiger partial charge in [0.1, 0.15) is 13.1 Å². The van der Waals surface area contributed by atoms with Crippen LogP contribution in [0.3, 0.4) is 0 Å². The van der Waals surface area contributed by atoms with Gasteiger partial charge in [0.05, 0.1) is 0 Å². The van der Waals surface area contributed by atoms with Crippen molar-refractivity contribution in [1.29, 1.82) is 0 Å². The molecule has 0 aromatic rings. The molecule has 122 valence electrons. The van der Waals surface area contributed by atoms with Crippen LogP contribution in [0.15, 0.2) is 0 Å². The van der Waals surface area contributed by atoms with Crippen molar-refractivity contribution in [3.63, 3.8) is 0 Å². The largest absolute Gasteiger partial charge is 0.480 e. The number of carbonyl (C=O) groups is 2. The Kier molecular flexibility index (Phi) is 6.29. The molecule has 1 aliphatic carbocycles. The van der Waals surface area contributed by atoms with Gasteiger partial charge in [-0.15, -0.1) is 0 Å². The summed E-state index contributed by atoms with van der Waals surface area (Å²) in [5.74, 6) is -0.575. The lowest BCUT2D eigenvalue weighted by molar-refractivity contribution is -0.148. The van der Waals surface area contributed by atoms with Crippen LogP contribution in [-0.4, -0.2) is 47.8 Å². The van der Waals surface area contributed by atoms with Crippen molar-refractivity contribution in [3.8, 4) is 0 Å². The maximum absolute atomic E-state index is 12.3. The van der Waals surface area contributed by atoms with Gasteiger partial charge in [-0.2, -0.15) is 13.2 Å². The maximum Gasteiger partial charge on any atom is 0.406 e. The summed E-state index contributed by atoms with van der Waals surface area (Å²) in [6.07, 6.45) is -0.670. The summed E-state index contributed by atoms with van der Waals surface area (Å²) in [6, 6.07) is -0.978. The number of aliphatic carboxylic acids is 1. The van der Waals surface area contributed by atoms with Gasteiger partial charge >= 0.3 is 18.2 Å². The normalized spacial score (nSPS) is 22.7. The van der Waals surface area contributed by atoms with Crippen LogP contribution in [0, 0.1) is 11.8 Å². The molecule has 0 aromatic heterocycles. The summed E-state index contributed by atoms with van der Waals surface area (Å²) < 4.78 is 37.0.